The van der Waals surface area contributed by atoms with Crippen LogP contribution in [0, 0.1) is 11.3 Å². The lowest BCUT2D eigenvalue weighted by molar-refractivity contribution is -0.132. The topological polar surface area (TPSA) is 119 Å². The number of hydrogen-bond donors (Lipinski definition) is 3. The summed E-state index contributed by atoms with van der Waals surface area (Å²) in [5.41, 5.74) is -1.39. The zero-order valence-electron chi connectivity index (χ0n) is 8.41. The summed E-state index contributed by atoms with van der Waals surface area (Å²) in [6, 6.07) is 6.57. The maximum Gasteiger partial charge on any atom is 0.350 e. The molecule has 0 saturated carbocycles. The minimum Gasteiger partial charge on any atom is -0.506 e. The van der Waals surface area contributed by atoms with Crippen LogP contribution in [0.15, 0.2) is 29.8 Å². The zero-order chi connectivity index (χ0) is 13.0. The van der Waals surface area contributed by atoms with E-state index >= 15 is 0 Å². The van der Waals surface area contributed by atoms with Gasteiger partial charge in [0.25, 0.3) is 0 Å². The lowest BCUT2D eigenvalue weighted by Crippen LogP contribution is -2.06. The smallest absolute Gasteiger partial charge is 0.350 e. The summed E-state index contributed by atoms with van der Waals surface area (Å²) < 4.78 is 0. The SMILES string of the molecule is N#CC(C(=O)O)=C(O)c1ccccc1C(=O)O. The fraction of sp³-hybridized carbons (Fsp3) is 0. The summed E-state index contributed by atoms with van der Waals surface area (Å²) in [7, 11) is 0. The second-order valence-electron chi connectivity index (χ2n) is 2.99. The van der Waals surface area contributed by atoms with Crippen LogP contribution in [0.5, 0.6) is 0 Å². The summed E-state index contributed by atoms with van der Waals surface area (Å²) in [6.45, 7) is 0. The van der Waals surface area contributed by atoms with Gasteiger partial charge in [0.2, 0.25) is 0 Å². The highest BCUT2D eigenvalue weighted by Crippen LogP contribution is 2.20. The Balaban J connectivity index is 3.50. The Kier molecular flexibility index (Phi) is 3.47. The van der Waals surface area contributed by atoms with Crippen molar-refractivity contribution in [3.8, 4) is 6.07 Å². The number of carboxylic acid groups (broad SMARTS) is 2. The van der Waals surface area contributed by atoms with Crippen LogP contribution < -0.4 is 0 Å². The lowest BCUT2D eigenvalue weighted by atomic mass is 10.0. The lowest BCUT2D eigenvalue weighted by Gasteiger charge is -2.05. The summed E-state index contributed by atoms with van der Waals surface area (Å²) in [4.78, 5) is 21.5. The highest BCUT2D eigenvalue weighted by Gasteiger charge is 2.19. The van der Waals surface area contributed by atoms with Gasteiger partial charge in [0.1, 0.15) is 11.8 Å². The zero-order valence-corrected chi connectivity index (χ0v) is 8.41. The normalized spacial score (nSPS) is 11.2. The molecule has 0 bridgehead atoms. The van der Waals surface area contributed by atoms with Crippen LogP contribution >= 0.6 is 0 Å². The van der Waals surface area contributed by atoms with Gasteiger partial charge in [-0.15, -0.1) is 0 Å². The van der Waals surface area contributed by atoms with Gasteiger partial charge in [0.15, 0.2) is 5.57 Å². The molecule has 1 rings (SSSR count). The van der Waals surface area contributed by atoms with E-state index in [4.69, 9.17) is 15.5 Å². The molecular weight excluding hydrogens is 226 g/mol. The van der Waals surface area contributed by atoms with Gasteiger partial charge in [0.05, 0.1) is 5.56 Å². The molecule has 3 N–H and O–H groups in total. The van der Waals surface area contributed by atoms with Crippen LogP contribution in [-0.2, 0) is 4.79 Å². The van der Waals surface area contributed by atoms with Crippen LogP contribution in [0.1, 0.15) is 15.9 Å². The van der Waals surface area contributed by atoms with Crippen LogP contribution in [0.25, 0.3) is 5.76 Å². The Labute approximate surface area is 95.7 Å². The minimum atomic E-state index is -1.62. The molecule has 0 heterocycles. The molecule has 0 atom stereocenters. The average molecular weight is 233 g/mol. The van der Waals surface area contributed by atoms with Gasteiger partial charge < -0.3 is 15.3 Å². The molecule has 0 aliphatic heterocycles. The molecule has 0 fully saturated rings. The van der Waals surface area contributed by atoms with Gasteiger partial charge in [0, 0.05) is 5.56 Å². The average Bonchev–Trinajstić information content (AvgIpc) is 2.29. The fourth-order valence-electron chi connectivity index (χ4n) is 1.21. The second kappa shape index (κ2) is 4.81. The van der Waals surface area contributed by atoms with E-state index in [1.807, 2.05) is 0 Å². The number of nitriles is 1. The molecule has 1 aromatic rings. The first-order valence-electron chi connectivity index (χ1n) is 4.38. The van der Waals surface area contributed by atoms with E-state index in [0.29, 0.717) is 0 Å². The first kappa shape index (κ1) is 12.3. The Morgan fingerprint density at radius 3 is 2.00 bits per heavy atom. The molecule has 86 valence electrons. The van der Waals surface area contributed by atoms with E-state index in [1.165, 1.54) is 30.3 Å². The van der Waals surface area contributed by atoms with Gasteiger partial charge in [-0.2, -0.15) is 5.26 Å². The third-order valence-corrected chi connectivity index (χ3v) is 1.98. The summed E-state index contributed by atoms with van der Waals surface area (Å²) in [5, 5.41) is 35.6. The number of benzene rings is 1. The molecule has 6 heteroatoms. The number of carboxylic acids is 2. The van der Waals surface area contributed by atoms with Crippen LogP contribution in [0.3, 0.4) is 0 Å². The van der Waals surface area contributed by atoms with Crippen molar-refractivity contribution in [1.82, 2.24) is 0 Å². The molecule has 0 aromatic heterocycles. The molecule has 6 nitrogen and oxygen atoms in total. The van der Waals surface area contributed by atoms with Gasteiger partial charge in [-0.3, -0.25) is 0 Å². The second-order valence-corrected chi connectivity index (χ2v) is 2.99. The minimum absolute atomic E-state index is 0.209. The number of carbonyl (C=O) groups is 2. The quantitative estimate of drug-likeness (QED) is 0.411. The molecule has 0 radical (unpaired) electrons. The first-order valence-corrected chi connectivity index (χ1v) is 4.38. The van der Waals surface area contributed by atoms with E-state index in [1.54, 1.807) is 0 Å². The number of aromatic carboxylic acids is 1. The van der Waals surface area contributed by atoms with E-state index in [2.05, 4.69) is 0 Å². The monoisotopic (exact) mass is 233 g/mol. The van der Waals surface area contributed by atoms with Crippen molar-refractivity contribution >= 4 is 17.7 Å². The molecule has 0 aliphatic rings. The molecule has 0 spiro atoms. The summed E-state index contributed by atoms with van der Waals surface area (Å²) in [6.07, 6.45) is 0. The number of aliphatic hydroxyl groups excluding tert-OH is 1. The van der Waals surface area contributed by atoms with Gasteiger partial charge in [-0.05, 0) is 6.07 Å². The van der Waals surface area contributed by atoms with Crippen molar-refractivity contribution in [2.45, 2.75) is 0 Å². The molecular formula is C11H7NO5. The van der Waals surface area contributed by atoms with Crippen molar-refractivity contribution in [3.63, 3.8) is 0 Å². The van der Waals surface area contributed by atoms with E-state index < -0.39 is 23.3 Å². The predicted molar refractivity (Wildman–Crippen MR) is 56.2 cm³/mol. The van der Waals surface area contributed by atoms with E-state index in [9.17, 15) is 14.7 Å². The Bertz CT molecular complexity index is 553. The summed E-state index contributed by atoms with van der Waals surface area (Å²) >= 11 is 0. The highest BCUT2D eigenvalue weighted by atomic mass is 16.4. The Hall–Kier alpha value is -2.81. The first-order chi connectivity index (χ1) is 7.99. The molecule has 0 unspecified atom stereocenters. The van der Waals surface area contributed by atoms with Crippen molar-refractivity contribution in [3.05, 3.63) is 41.0 Å². The van der Waals surface area contributed by atoms with Crippen molar-refractivity contribution in [2.24, 2.45) is 0 Å². The molecule has 17 heavy (non-hydrogen) atoms. The molecule has 0 saturated heterocycles. The number of hydrogen-bond acceptors (Lipinski definition) is 4. The fourth-order valence-corrected chi connectivity index (χ4v) is 1.21. The Morgan fingerprint density at radius 1 is 1.06 bits per heavy atom. The van der Waals surface area contributed by atoms with Crippen LogP contribution in [-0.4, -0.2) is 27.3 Å². The largest absolute Gasteiger partial charge is 0.506 e. The van der Waals surface area contributed by atoms with E-state index in [0.717, 1.165) is 0 Å². The van der Waals surface area contributed by atoms with Crippen molar-refractivity contribution in [1.29, 1.82) is 5.26 Å². The third-order valence-electron chi connectivity index (χ3n) is 1.98. The van der Waals surface area contributed by atoms with Gasteiger partial charge in [-0.1, -0.05) is 18.2 Å². The van der Waals surface area contributed by atoms with Crippen molar-refractivity contribution in [2.75, 3.05) is 0 Å². The summed E-state index contributed by atoms with van der Waals surface area (Å²) in [5.74, 6) is -3.81. The third kappa shape index (κ3) is 2.41. The number of aliphatic carboxylic acids is 1. The highest BCUT2D eigenvalue weighted by molar-refractivity contribution is 6.02. The maximum absolute atomic E-state index is 10.8. The molecule has 0 amide bonds. The number of nitrogens with zero attached hydrogens (tertiary/aromatic N) is 1. The van der Waals surface area contributed by atoms with Crippen LogP contribution in [0.2, 0.25) is 0 Å². The van der Waals surface area contributed by atoms with Gasteiger partial charge >= 0.3 is 11.9 Å². The Morgan fingerprint density at radius 2 is 1.59 bits per heavy atom. The van der Waals surface area contributed by atoms with Gasteiger partial charge in [-0.25, -0.2) is 9.59 Å². The molecule has 0 aliphatic carbocycles. The standard InChI is InChI=1S/C11H7NO5/c12-5-8(11(16)17)9(13)6-3-1-2-4-7(6)10(14)15/h1-4,13H,(H,14,15)(H,16,17). The van der Waals surface area contributed by atoms with Crippen LogP contribution in [0.4, 0.5) is 0 Å². The molecule has 1 aromatic carbocycles. The number of aliphatic hydroxyl groups is 1. The maximum atomic E-state index is 10.8. The number of rotatable bonds is 3. The van der Waals surface area contributed by atoms with E-state index in [-0.39, 0.29) is 11.1 Å². The predicted octanol–water partition coefficient (Wildman–Crippen LogP) is 1.26. The van der Waals surface area contributed by atoms with Crippen molar-refractivity contribution < 1.29 is 24.9 Å².